The van der Waals surface area contributed by atoms with Crippen molar-refractivity contribution in [1.82, 2.24) is 4.98 Å². The number of allylic oxidation sites excluding steroid dienone is 1. The van der Waals surface area contributed by atoms with Crippen LogP contribution in [0.3, 0.4) is 0 Å². The number of esters is 1. The minimum atomic E-state index is -0.727. The van der Waals surface area contributed by atoms with Gasteiger partial charge in [0, 0.05) is 0 Å². The normalized spacial score (nSPS) is 11.8. The zero-order valence-corrected chi connectivity index (χ0v) is 14.0. The van der Waals surface area contributed by atoms with Crippen LogP contribution in [0.15, 0.2) is 69.9 Å². The molecule has 0 saturated carbocycles. The summed E-state index contributed by atoms with van der Waals surface area (Å²) in [5.74, 6) is -0.454. The SMILES string of the molecule is N#C/C(=C(\OC(=O)c1ccco1)c1ccco1)c1nc2ccccc2s1. The molecule has 0 spiro atoms. The lowest BCUT2D eigenvalue weighted by atomic mass is 10.2. The Morgan fingerprint density at radius 1 is 1.04 bits per heavy atom. The van der Waals surface area contributed by atoms with Crippen molar-refractivity contribution in [3.05, 3.63) is 77.6 Å². The van der Waals surface area contributed by atoms with E-state index in [1.807, 2.05) is 24.3 Å². The molecule has 4 aromatic rings. The van der Waals surface area contributed by atoms with Crippen molar-refractivity contribution in [2.75, 3.05) is 0 Å². The maximum atomic E-state index is 12.3. The van der Waals surface area contributed by atoms with Crippen LogP contribution in [0.5, 0.6) is 0 Å². The molecule has 0 atom stereocenters. The zero-order chi connectivity index (χ0) is 17.9. The molecule has 0 fully saturated rings. The predicted octanol–water partition coefficient (Wildman–Crippen LogP) is 4.73. The third-order valence-electron chi connectivity index (χ3n) is 3.51. The van der Waals surface area contributed by atoms with Gasteiger partial charge in [-0.25, -0.2) is 9.78 Å². The number of carbonyl (C=O) groups excluding carboxylic acids is 1. The molecule has 0 aliphatic rings. The van der Waals surface area contributed by atoms with E-state index in [-0.39, 0.29) is 22.9 Å². The van der Waals surface area contributed by atoms with Crippen LogP contribution in [0.25, 0.3) is 21.5 Å². The molecular formula is C19H10N2O4S. The van der Waals surface area contributed by atoms with Crippen LogP contribution in [0, 0.1) is 11.3 Å². The Balaban J connectivity index is 1.84. The number of carbonyl (C=O) groups is 1. The van der Waals surface area contributed by atoms with Crippen molar-refractivity contribution >= 4 is 38.9 Å². The summed E-state index contributed by atoms with van der Waals surface area (Å²) >= 11 is 1.33. The molecule has 0 radical (unpaired) electrons. The summed E-state index contributed by atoms with van der Waals surface area (Å²) in [6, 6.07) is 15.9. The summed E-state index contributed by atoms with van der Waals surface area (Å²) in [5.41, 5.74) is 0.873. The first kappa shape index (κ1) is 15.9. The Bertz CT molecular complexity index is 1100. The van der Waals surface area contributed by atoms with Crippen LogP contribution >= 0.6 is 11.3 Å². The molecule has 0 N–H and O–H groups in total. The first-order chi connectivity index (χ1) is 12.8. The number of thiazole rings is 1. The van der Waals surface area contributed by atoms with E-state index in [0.717, 1.165) is 10.2 Å². The molecule has 4 rings (SSSR count). The molecule has 6 nitrogen and oxygen atoms in total. The molecular weight excluding hydrogens is 352 g/mol. The quantitative estimate of drug-likeness (QED) is 0.296. The largest absolute Gasteiger partial charge is 0.461 e. The smallest absolute Gasteiger partial charge is 0.379 e. The summed E-state index contributed by atoms with van der Waals surface area (Å²) in [6.45, 7) is 0. The molecule has 0 unspecified atom stereocenters. The van der Waals surface area contributed by atoms with Crippen molar-refractivity contribution in [3.63, 3.8) is 0 Å². The zero-order valence-electron chi connectivity index (χ0n) is 13.2. The third-order valence-corrected chi connectivity index (χ3v) is 4.56. The molecule has 0 saturated heterocycles. The molecule has 26 heavy (non-hydrogen) atoms. The summed E-state index contributed by atoms with van der Waals surface area (Å²) in [5, 5.41) is 10.2. The second-order valence-electron chi connectivity index (χ2n) is 5.15. The number of rotatable bonds is 4. The third kappa shape index (κ3) is 2.90. The fourth-order valence-corrected chi connectivity index (χ4v) is 3.30. The monoisotopic (exact) mass is 362 g/mol. The number of furan rings is 2. The average Bonchev–Trinajstić information content (AvgIpc) is 3.42. The van der Waals surface area contributed by atoms with Gasteiger partial charge in [-0.05, 0) is 36.4 Å². The van der Waals surface area contributed by atoms with Gasteiger partial charge in [0.05, 0.1) is 22.7 Å². The topological polar surface area (TPSA) is 89.3 Å². The van der Waals surface area contributed by atoms with Crippen LogP contribution in [-0.4, -0.2) is 11.0 Å². The highest BCUT2D eigenvalue weighted by Gasteiger charge is 2.23. The fourth-order valence-electron chi connectivity index (χ4n) is 2.34. The highest BCUT2D eigenvalue weighted by atomic mass is 32.1. The lowest BCUT2D eigenvalue weighted by molar-refractivity contribution is 0.0654. The van der Waals surface area contributed by atoms with E-state index in [0.29, 0.717) is 5.01 Å². The van der Waals surface area contributed by atoms with E-state index < -0.39 is 5.97 Å². The van der Waals surface area contributed by atoms with Crippen LogP contribution in [0.1, 0.15) is 21.3 Å². The number of ether oxygens (including phenoxy) is 1. The van der Waals surface area contributed by atoms with Gasteiger partial charge in [-0.3, -0.25) is 0 Å². The lowest BCUT2D eigenvalue weighted by Crippen LogP contribution is -2.05. The Morgan fingerprint density at radius 3 is 2.42 bits per heavy atom. The summed E-state index contributed by atoms with van der Waals surface area (Å²) < 4.78 is 16.8. The van der Waals surface area contributed by atoms with Crippen LogP contribution < -0.4 is 0 Å². The first-order valence-electron chi connectivity index (χ1n) is 7.56. The number of benzene rings is 1. The first-order valence-corrected chi connectivity index (χ1v) is 8.38. The summed E-state index contributed by atoms with van der Waals surface area (Å²) in [4.78, 5) is 16.8. The highest BCUT2D eigenvalue weighted by Crippen LogP contribution is 2.33. The molecule has 126 valence electrons. The standard InChI is InChI=1S/C19H10N2O4S/c20-11-12(18-21-13-5-1-2-8-16(13)26-18)17(14-6-3-9-23-14)25-19(22)15-7-4-10-24-15/h1-10H/b17-12+. The minimum absolute atomic E-state index is 0.00189. The van der Waals surface area contributed by atoms with Crippen molar-refractivity contribution in [2.24, 2.45) is 0 Å². The maximum absolute atomic E-state index is 12.3. The number of hydrogen-bond acceptors (Lipinski definition) is 7. The molecule has 0 bridgehead atoms. The summed E-state index contributed by atoms with van der Waals surface area (Å²) in [7, 11) is 0. The molecule has 0 aliphatic carbocycles. The Hall–Kier alpha value is -3.63. The number of aromatic nitrogens is 1. The number of fused-ring (bicyclic) bond motifs is 1. The van der Waals surface area contributed by atoms with Gasteiger partial charge in [0.15, 0.2) is 11.5 Å². The van der Waals surface area contributed by atoms with E-state index in [4.69, 9.17) is 13.6 Å². The number of nitriles is 1. The van der Waals surface area contributed by atoms with Gasteiger partial charge in [0.1, 0.15) is 16.6 Å². The van der Waals surface area contributed by atoms with E-state index in [2.05, 4.69) is 11.1 Å². The lowest BCUT2D eigenvalue weighted by Gasteiger charge is -2.07. The predicted molar refractivity (Wildman–Crippen MR) is 94.9 cm³/mol. The van der Waals surface area contributed by atoms with Crippen LogP contribution in [-0.2, 0) is 4.74 Å². The maximum Gasteiger partial charge on any atom is 0.379 e. The second-order valence-corrected chi connectivity index (χ2v) is 6.18. The van der Waals surface area contributed by atoms with E-state index in [1.165, 1.54) is 29.9 Å². The van der Waals surface area contributed by atoms with Crippen molar-refractivity contribution in [2.45, 2.75) is 0 Å². The van der Waals surface area contributed by atoms with Crippen molar-refractivity contribution in [3.8, 4) is 6.07 Å². The molecule has 7 heteroatoms. The second kappa shape index (κ2) is 6.70. The van der Waals surface area contributed by atoms with Gasteiger partial charge in [-0.2, -0.15) is 5.26 Å². The Labute approximate surface area is 151 Å². The van der Waals surface area contributed by atoms with Gasteiger partial charge in [0.25, 0.3) is 0 Å². The van der Waals surface area contributed by atoms with Gasteiger partial charge in [-0.1, -0.05) is 12.1 Å². The highest BCUT2D eigenvalue weighted by molar-refractivity contribution is 7.19. The average molecular weight is 362 g/mol. The van der Waals surface area contributed by atoms with E-state index >= 15 is 0 Å². The Kier molecular flexibility index (Phi) is 4.09. The van der Waals surface area contributed by atoms with E-state index in [9.17, 15) is 10.1 Å². The van der Waals surface area contributed by atoms with Crippen molar-refractivity contribution in [1.29, 1.82) is 5.26 Å². The van der Waals surface area contributed by atoms with Gasteiger partial charge >= 0.3 is 5.97 Å². The summed E-state index contributed by atoms with van der Waals surface area (Å²) in [6.07, 6.45) is 2.80. The van der Waals surface area contributed by atoms with Crippen LogP contribution in [0.2, 0.25) is 0 Å². The fraction of sp³-hybridized carbons (Fsp3) is 0. The van der Waals surface area contributed by atoms with Gasteiger partial charge in [0.2, 0.25) is 5.76 Å². The van der Waals surface area contributed by atoms with E-state index in [1.54, 1.807) is 18.2 Å². The number of nitrogens with zero attached hydrogens (tertiary/aromatic N) is 2. The minimum Gasteiger partial charge on any atom is -0.461 e. The Morgan fingerprint density at radius 2 is 1.77 bits per heavy atom. The van der Waals surface area contributed by atoms with Crippen molar-refractivity contribution < 1.29 is 18.4 Å². The molecule has 3 heterocycles. The molecule has 1 aromatic carbocycles. The van der Waals surface area contributed by atoms with Gasteiger partial charge < -0.3 is 13.6 Å². The number of para-hydroxylation sites is 1. The molecule has 0 amide bonds. The molecule has 0 aliphatic heterocycles. The molecule has 3 aromatic heterocycles. The number of hydrogen-bond donors (Lipinski definition) is 0. The van der Waals surface area contributed by atoms with Crippen LogP contribution in [0.4, 0.5) is 0 Å². The van der Waals surface area contributed by atoms with Gasteiger partial charge in [-0.15, -0.1) is 11.3 Å².